The Hall–Kier alpha value is -1.34. The predicted octanol–water partition coefficient (Wildman–Crippen LogP) is 1.85. The minimum atomic E-state index is 0.473. The lowest BCUT2D eigenvalue weighted by atomic mass is 10.5. The van der Waals surface area contributed by atoms with E-state index in [9.17, 15) is 0 Å². The van der Waals surface area contributed by atoms with Crippen LogP contribution in [0.3, 0.4) is 0 Å². The number of anilines is 2. The van der Waals surface area contributed by atoms with Gasteiger partial charge in [-0.1, -0.05) is 11.8 Å². The quantitative estimate of drug-likeness (QED) is 0.639. The third-order valence-electron chi connectivity index (χ3n) is 1.81. The molecular formula is C9H11N5S2. The van der Waals surface area contributed by atoms with E-state index < -0.39 is 0 Å². The second-order valence-corrected chi connectivity index (χ2v) is 4.70. The summed E-state index contributed by atoms with van der Waals surface area (Å²) in [4.78, 5) is 12.5. The van der Waals surface area contributed by atoms with Gasteiger partial charge in [0, 0.05) is 17.6 Å². The minimum absolute atomic E-state index is 0.473. The van der Waals surface area contributed by atoms with Gasteiger partial charge in [-0.25, -0.2) is 15.0 Å². The smallest absolute Gasteiger partial charge is 0.191 e. The van der Waals surface area contributed by atoms with Gasteiger partial charge in [0.05, 0.1) is 6.54 Å². The molecule has 3 N–H and O–H groups in total. The van der Waals surface area contributed by atoms with Crippen molar-refractivity contribution in [3.63, 3.8) is 0 Å². The molecule has 0 fully saturated rings. The van der Waals surface area contributed by atoms with E-state index in [1.807, 2.05) is 11.6 Å². The number of rotatable bonds is 4. The van der Waals surface area contributed by atoms with Crippen LogP contribution >= 0.6 is 23.1 Å². The Balaban J connectivity index is 2.06. The van der Waals surface area contributed by atoms with Crippen LogP contribution in [0.2, 0.25) is 0 Å². The van der Waals surface area contributed by atoms with Crippen molar-refractivity contribution in [3.05, 3.63) is 22.7 Å². The highest BCUT2D eigenvalue weighted by molar-refractivity contribution is 7.98. The van der Waals surface area contributed by atoms with E-state index in [0.29, 0.717) is 17.5 Å². The second-order valence-electron chi connectivity index (χ2n) is 2.94. The second kappa shape index (κ2) is 5.13. The standard InChI is InChI=1S/C9H11N5S2/c1-15-9-13-6(10)4-7(14-9)12-5-8-11-2-3-16-8/h2-4H,5H2,1H3,(H3,10,12,13,14). The number of thiazole rings is 1. The lowest BCUT2D eigenvalue weighted by Gasteiger charge is -2.05. The first kappa shape index (κ1) is 11.2. The van der Waals surface area contributed by atoms with Crippen LogP contribution in [0.1, 0.15) is 5.01 Å². The van der Waals surface area contributed by atoms with Crippen LogP contribution < -0.4 is 11.1 Å². The fourth-order valence-corrected chi connectivity index (χ4v) is 2.07. The Morgan fingerprint density at radius 3 is 3.06 bits per heavy atom. The van der Waals surface area contributed by atoms with E-state index in [-0.39, 0.29) is 0 Å². The summed E-state index contributed by atoms with van der Waals surface area (Å²) < 4.78 is 0. The molecule has 2 aromatic rings. The summed E-state index contributed by atoms with van der Waals surface area (Å²) in [6, 6.07) is 1.72. The van der Waals surface area contributed by atoms with Gasteiger partial charge in [-0.15, -0.1) is 11.3 Å². The Labute approximate surface area is 102 Å². The number of nitrogens with two attached hydrogens (primary N) is 1. The van der Waals surface area contributed by atoms with Crippen molar-refractivity contribution >= 4 is 34.7 Å². The summed E-state index contributed by atoms with van der Waals surface area (Å²) in [5, 5.41) is 6.79. The maximum Gasteiger partial charge on any atom is 0.191 e. The number of nitrogens with zero attached hydrogens (tertiary/aromatic N) is 3. The van der Waals surface area contributed by atoms with E-state index in [0.717, 1.165) is 10.8 Å². The Kier molecular flexibility index (Phi) is 3.58. The molecule has 0 unspecified atom stereocenters. The molecule has 2 heterocycles. The van der Waals surface area contributed by atoms with E-state index in [2.05, 4.69) is 20.3 Å². The van der Waals surface area contributed by atoms with Crippen molar-refractivity contribution in [1.82, 2.24) is 15.0 Å². The number of nitrogens with one attached hydrogen (secondary N) is 1. The third-order valence-corrected chi connectivity index (χ3v) is 3.14. The van der Waals surface area contributed by atoms with Gasteiger partial charge in [-0.2, -0.15) is 0 Å². The van der Waals surface area contributed by atoms with Gasteiger partial charge >= 0.3 is 0 Å². The van der Waals surface area contributed by atoms with Crippen molar-refractivity contribution in [3.8, 4) is 0 Å². The zero-order chi connectivity index (χ0) is 11.4. The first-order chi connectivity index (χ1) is 7.78. The van der Waals surface area contributed by atoms with Crippen LogP contribution in [0.25, 0.3) is 0 Å². The molecule has 0 aromatic carbocycles. The molecular weight excluding hydrogens is 242 g/mol. The van der Waals surface area contributed by atoms with E-state index in [1.54, 1.807) is 23.6 Å². The highest BCUT2D eigenvalue weighted by atomic mass is 32.2. The zero-order valence-electron chi connectivity index (χ0n) is 8.67. The summed E-state index contributed by atoms with van der Waals surface area (Å²) in [7, 11) is 0. The summed E-state index contributed by atoms with van der Waals surface area (Å²) in [5.74, 6) is 1.20. The molecule has 0 amide bonds. The normalized spacial score (nSPS) is 10.3. The van der Waals surface area contributed by atoms with Crippen molar-refractivity contribution in [1.29, 1.82) is 0 Å². The van der Waals surface area contributed by atoms with Gasteiger partial charge in [0.25, 0.3) is 0 Å². The summed E-state index contributed by atoms with van der Waals surface area (Å²) >= 11 is 3.07. The highest BCUT2D eigenvalue weighted by Gasteiger charge is 2.02. The van der Waals surface area contributed by atoms with Crippen LogP contribution in [0, 0.1) is 0 Å². The van der Waals surface area contributed by atoms with Crippen LogP contribution in [0.5, 0.6) is 0 Å². The molecule has 0 saturated heterocycles. The molecule has 0 radical (unpaired) electrons. The average Bonchev–Trinajstić information content (AvgIpc) is 2.78. The number of hydrogen-bond donors (Lipinski definition) is 2. The predicted molar refractivity (Wildman–Crippen MR) is 67.7 cm³/mol. The monoisotopic (exact) mass is 253 g/mol. The molecule has 0 spiro atoms. The number of aromatic nitrogens is 3. The Bertz CT molecular complexity index is 457. The highest BCUT2D eigenvalue weighted by Crippen LogP contribution is 2.16. The summed E-state index contributed by atoms with van der Waals surface area (Å²) in [6.07, 6.45) is 3.70. The van der Waals surface area contributed by atoms with Crippen LogP contribution in [0.4, 0.5) is 11.6 Å². The fraction of sp³-hybridized carbons (Fsp3) is 0.222. The lowest BCUT2D eigenvalue weighted by Crippen LogP contribution is -2.04. The van der Waals surface area contributed by atoms with Gasteiger partial charge in [0.1, 0.15) is 16.6 Å². The van der Waals surface area contributed by atoms with Crippen molar-refractivity contribution in [2.45, 2.75) is 11.7 Å². The maximum atomic E-state index is 5.67. The van der Waals surface area contributed by atoms with Crippen molar-refractivity contribution < 1.29 is 0 Å². The molecule has 0 aliphatic carbocycles. The topological polar surface area (TPSA) is 76.7 Å². The average molecular weight is 253 g/mol. The van der Waals surface area contributed by atoms with Gasteiger partial charge in [-0.3, -0.25) is 0 Å². The maximum absolute atomic E-state index is 5.67. The van der Waals surface area contributed by atoms with E-state index in [1.165, 1.54) is 11.8 Å². The summed E-state index contributed by atoms with van der Waals surface area (Å²) in [5.41, 5.74) is 5.67. The van der Waals surface area contributed by atoms with Gasteiger partial charge in [-0.05, 0) is 6.26 Å². The SMILES string of the molecule is CSc1nc(N)cc(NCc2nccs2)n1. The van der Waals surface area contributed by atoms with E-state index >= 15 is 0 Å². The van der Waals surface area contributed by atoms with Gasteiger partial charge in [0.15, 0.2) is 5.16 Å². The molecule has 0 bridgehead atoms. The van der Waals surface area contributed by atoms with Gasteiger partial charge < -0.3 is 11.1 Å². The lowest BCUT2D eigenvalue weighted by molar-refractivity contribution is 0.960. The van der Waals surface area contributed by atoms with Crippen molar-refractivity contribution in [2.24, 2.45) is 0 Å². The first-order valence-corrected chi connectivity index (χ1v) is 6.69. The van der Waals surface area contributed by atoms with Crippen LogP contribution in [-0.4, -0.2) is 21.2 Å². The minimum Gasteiger partial charge on any atom is -0.383 e. The molecule has 5 nitrogen and oxygen atoms in total. The molecule has 2 rings (SSSR count). The summed E-state index contributed by atoms with van der Waals surface area (Å²) in [6.45, 7) is 0.655. The molecule has 84 valence electrons. The first-order valence-electron chi connectivity index (χ1n) is 4.58. The Morgan fingerprint density at radius 1 is 1.50 bits per heavy atom. The molecule has 7 heteroatoms. The fourth-order valence-electron chi connectivity index (χ4n) is 1.13. The zero-order valence-corrected chi connectivity index (χ0v) is 10.3. The van der Waals surface area contributed by atoms with Crippen molar-refractivity contribution in [2.75, 3.05) is 17.3 Å². The molecule has 16 heavy (non-hydrogen) atoms. The number of hydrogen-bond acceptors (Lipinski definition) is 7. The number of thioether (sulfide) groups is 1. The Morgan fingerprint density at radius 2 is 2.38 bits per heavy atom. The molecule has 0 aliphatic heterocycles. The molecule has 0 saturated carbocycles. The number of nitrogen functional groups attached to an aromatic ring is 1. The molecule has 2 aromatic heterocycles. The van der Waals surface area contributed by atoms with E-state index in [4.69, 9.17) is 5.73 Å². The molecule has 0 atom stereocenters. The molecule has 0 aliphatic rings. The van der Waals surface area contributed by atoms with Crippen LogP contribution in [0.15, 0.2) is 22.8 Å². The van der Waals surface area contributed by atoms with Crippen LogP contribution in [-0.2, 0) is 6.54 Å². The largest absolute Gasteiger partial charge is 0.383 e. The van der Waals surface area contributed by atoms with Gasteiger partial charge in [0.2, 0.25) is 0 Å². The third kappa shape index (κ3) is 2.83.